The second-order valence-corrected chi connectivity index (χ2v) is 3.74. The number of rotatable bonds is 3. The van der Waals surface area contributed by atoms with Crippen molar-refractivity contribution in [2.45, 2.75) is 0 Å². The number of hydrogen-bond donors (Lipinski definition) is 2. The lowest BCUT2D eigenvalue weighted by molar-refractivity contribution is -0.385. The fraction of sp³-hybridized carbons (Fsp3) is 0. The Morgan fingerprint density at radius 3 is 2.59 bits per heavy atom. The van der Waals surface area contributed by atoms with Crippen LogP contribution in [0.2, 0.25) is 10.0 Å². The van der Waals surface area contributed by atoms with Crippen molar-refractivity contribution in [1.29, 1.82) is 0 Å². The zero-order valence-corrected chi connectivity index (χ0v) is 9.70. The Morgan fingerprint density at radius 1 is 1.53 bits per heavy atom. The van der Waals surface area contributed by atoms with E-state index in [2.05, 4.69) is 0 Å². The first kappa shape index (κ1) is 13.3. The summed E-state index contributed by atoms with van der Waals surface area (Å²) in [6.45, 7) is 0. The number of nitro groups is 1. The Morgan fingerprint density at radius 2 is 2.12 bits per heavy atom. The molecule has 0 aliphatic carbocycles. The molecule has 1 aromatic rings. The first-order valence-corrected chi connectivity index (χ1v) is 4.93. The monoisotopic (exact) mass is 276 g/mol. The number of aromatic hydroxyl groups is 1. The molecule has 1 aromatic carbocycles. The Labute approximate surface area is 105 Å². The topological polar surface area (TPSA) is 106 Å². The van der Waals surface area contributed by atoms with E-state index >= 15 is 0 Å². The Kier molecular flexibility index (Phi) is 3.93. The third kappa shape index (κ3) is 2.86. The first-order valence-electron chi connectivity index (χ1n) is 4.17. The van der Waals surface area contributed by atoms with E-state index in [0.717, 1.165) is 12.2 Å². The fourth-order valence-corrected chi connectivity index (χ4v) is 1.51. The van der Waals surface area contributed by atoms with Gasteiger partial charge in [-0.15, -0.1) is 0 Å². The van der Waals surface area contributed by atoms with Gasteiger partial charge in [-0.05, 0) is 12.1 Å². The van der Waals surface area contributed by atoms with Gasteiger partial charge in [-0.2, -0.15) is 0 Å². The summed E-state index contributed by atoms with van der Waals surface area (Å²) in [4.78, 5) is 20.3. The Hall–Kier alpha value is -1.79. The van der Waals surface area contributed by atoms with Crippen LogP contribution in [0.3, 0.4) is 0 Å². The van der Waals surface area contributed by atoms with Gasteiger partial charge in [-0.25, -0.2) is 0 Å². The molecule has 6 nitrogen and oxygen atoms in total. The molecule has 0 aromatic heterocycles. The summed E-state index contributed by atoms with van der Waals surface area (Å²) < 4.78 is 0. The van der Waals surface area contributed by atoms with Gasteiger partial charge in [0.2, 0.25) is 11.7 Å². The highest BCUT2D eigenvalue weighted by Crippen LogP contribution is 2.41. The minimum absolute atomic E-state index is 0.0232. The third-order valence-corrected chi connectivity index (χ3v) is 2.58. The van der Waals surface area contributed by atoms with Gasteiger partial charge in [-0.1, -0.05) is 23.2 Å². The van der Waals surface area contributed by atoms with Gasteiger partial charge in [-0.3, -0.25) is 14.9 Å². The summed E-state index contributed by atoms with van der Waals surface area (Å²) >= 11 is 11.2. The van der Waals surface area contributed by atoms with E-state index in [1.807, 2.05) is 0 Å². The second-order valence-electron chi connectivity index (χ2n) is 2.95. The lowest BCUT2D eigenvalue weighted by Crippen LogP contribution is -2.05. The number of phenols is 1. The molecule has 0 spiro atoms. The van der Waals surface area contributed by atoms with Crippen molar-refractivity contribution in [3.05, 3.63) is 37.9 Å². The normalized spacial score (nSPS) is 10.7. The van der Waals surface area contributed by atoms with Crippen LogP contribution >= 0.6 is 23.2 Å². The maximum atomic E-state index is 10.7. The lowest BCUT2D eigenvalue weighted by Gasteiger charge is -2.04. The molecule has 0 fully saturated rings. The third-order valence-electron chi connectivity index (χ3n) is 1.81. The van der Waals surface area contributed by atoms with E-state index in [4.69, 9.17) is 28.9 Å². The number of nitrogens with two attached hydrogens (primary N) is 1. The number of carbonyl (C=O) groups is 1. The summed E-state index contributed by atoms with van der Waals surface area (Å²) in [5.41, 5.74) is 4.11. The van der Waals surface area contributed by atoms with Crippen molar-refractivity contribution in [3.8, 4) is 5.75 Å². The number of hydrogen-bond acceptors (Lipinski definition) is 4. The molecule has 0 atom stereocenters. The zero-order valence-electron chi connectivity index (χ0n) is 8.18. The Bertz CT molecular complexity index is 528. The molecule has 0 bridgehead atoms. The van der Waals surface area contributed by atoms with Crippen LogP contribution in [0, 0.1) is 10.1 Å². The maximum absolute atomic E-state index is 10.7. The number of primary amides is 1. The molecule has 3 N–H and O–H groups in total. The van der Waals surface area contributed by atoms with Crippen molar-refractivity contribution in [2.24, 2.45) is 5.73 Å². The van der Waals surface area contributed by atoms with E-state index in [-0.39, 0.29) is 15.6 Å². The number of nitrogens with zero attached hydrogens (tertiary/aromatic N) is 1. The maximum Gasteiger partial charge on any atom is 0.331 e. The number of amides is 1. The van der Waals surface area contributed by atoms with Crippen molar-refractivity contribution < 1.29 is 14.8 Å². The highest BCUT2D eigenvalue weighted by Gasteiger charge is 2.24. The number of halogens is 2. The molecule has 0 saturated heterocycles. The van der Waals surface area contributed by atoms with Gasteiger partial charge in [0, 0.05) is 11.6 Å². The predicted octanol–water partition coefficient (Wildman–Crippen LogP) is 2.11. The molecule has 17 heavy (non-hydrogen) atoms. The molecule has 0 heterocycles. The van der Waals surface area contributed by atoms with Gasteiger partial charge in [0.05, 0.1) is 9.95 Å². The lowest BCUT2D eigenvalue weighted by atomic mass is 10.1. The van der Waals surface area contributed by atoms with Crippen molar-refractivity contribution in [2.75, 3.05) is 0 Å². The molecule has 90 valence electrons. The summed E-state index contributed by atoms with van der Waals surface area (Å²) in [7, 11) is 0. The van der Waals surface area contributed by atoms with Crippen LogP contribution in [0.25, 0.3) is 6.08 Å². The molecule has 0 aliphatic rings. The van der Waals surface area contributed by atoms with Crippen LogP contribution in [-0.2, 0) is 4.79 Å². The van der Waals surface area contributed by atoms with E-state index in [9.17, 15) is 20.0 Å². The standard InChI is InChI=1S/C9H6Cl2N2O4/c10-5-3-4(1-2-6(12)14)9(15)8(7(5)11)13(16)17/h1-3,15H,(H2,12,14)/b2-1+. The largest absolute Gasteiger partial charge is 0.502 e. The van der Waals surface area contributed by atoms with Gasteiger partial charge >= 0.3 is 5.69 Å². The quantitative estimate of drug-likeness (QED) is 0.501. The van der Waals surface area contributed by atoms with Gasteiger partial charge in [0.25, 0.3) is 0 Å². The van der Waals surface area contributed by atoms with Crippen molar-refractivity contribution >= 4 is 40.9 Å². The van der Waals surface area contributed by atoms with E-state index in [1.165, 1.54) is 6.07 Å². The van der Waals surface area contributed by atoms with Crippen LogP contribution < -0.4 is 5.73 Å². The number of nitro benzene ring substituents is 1. The van der Waals surface area contributed by atoms with E-state index in [1.54, 1.807) is 0 Å². The average Bonchev–Trinajstić information content (AvgIpc) is 2.21. The molecule has 0 saturated carbocycles. The first-order chi connectivity index (χ1) is 7.84. The number of benzene rings is 1. The fourth-order valence-electron chi connectivity index (χ4n) is 1.09. The van der Waals surface area contributed by atoms with Crippen molar-refractivity contribution in [1.82, 2.24) is 0 Å². The highest BCUT2D eigenvalue weighted by atomic mass is 35.5. The molecule has 8 heteroatoms. The molecule has 0 unspecified atom stereocenters. The van der Waals surface area contributed by atoms with Crippen LogP contribution in [0.5, 0.6) is 5.75 Å². The minimum atomic E-state index is -0.870. The minimum Gasteiger partial charge on any atom is -0.502 e. The molecule has 1 amide bonds. The molecule has 1 rings (SSSR count). The average molecular weight is 277 g/mol. The SMILES string of the molecule is NC(=O)/C=C/c1cc(Cl)c(Cl)c([N+](=O)[O-])c1O. The van der Waals surface area contributed by atoms with Crippen LogP contribution in [0.4, 0.5) is 5.69 Å². The molecule has 0 aliphatic heterocycles. The number of phenolic OH excluding ortho intramolecular Hbond substituents is 1. The second kappa shape index (κ2) is 5.03. The Balaban J connectivity index is 3.44. The van der Waals surface area contributed by atoms with Crippen molar-refractivity contribution in [3.63, 3.8) is 0 Å². The molecular weight excluding hydrogens is 271 g/mol. The molecular formula is C9H6Cl2N2O4. The zero-order chi connectivity index (χ0) is 13.2. The van der Waals surface area contributed by atoms with E-state index < -0.39 is 22.3 Å². The van der Waals surface area contributed by atoms with Crippen LogP contribution in [-0.4, -0.2) is 15.9 Å². The molecule has 0 radical (unpaired) electrons. The highest BCUT2D eigenvalue weighted by molar-refractivity contribution is 6.43. The summed E-state index contributed by atoms with van der Waals surface area (Å²) in [6.07, 6.45) is 2.04. The van der Waals surface area contributed by atoms with Gasteiger partial charge in [0.1, 0.15) is 5.02 Å². The predicted molar refractivity (Wildman–Crippen MR) is 63.0 cm³/mol. The summed E-state index contributed by atoms with van der Waals surface area (Å²) in [6, 6.07) is 1.19. The summed E-state index contributed by atoms with van der Waals surface area (Å²) in [5.74, 6) is -1.44. The van der Waals surface area contributed by atoms with Gasteiger partial charge in [0.15, 0.2) is 0 Å². The van der Waals surface area contributed by atoms with Gasteiger partial charge < -0.3 is 10.8 Å². The smallest absolute Gasteiger partial charge is 0.331 e. The van der Waals surface area contributed by atoms with Crippen LogP contribution in [0.15, 0.2) is 12.1 Å². The number of carbonyl (C=O) groups excluding carboxylic acids is 1. The van der Waals surface area contributed by atoms with Crippen LogP contribution in [0.1, 0.15) is 5.56 Å². The van der Waals surface area contributed by atoms with E-state index in [0.29, 0.717) is 0 Å². The summed E-state index contributed by atoms with van der Waals surface area (Å²) in [5, 5.41) is 19.8.